The van der Waals surface area contributed by atoms with Gasteiger partial charge in [0, 0.05) is 19.1 Å². The van der Waals surface area contributed by atoms with Gasteiger partial charge in [0.25, 0.3) is 10.2 Å². The Labute approximate surface area is 144 Å². The third-order valence-electron chi connectivity index (χ3n) is 4.24. The first-order valence-corrected chi connectivity index (χ1v) is 9.73. The monoisotopic (exact) mass is 354 g/mol. The Morgan fingerprint density at radius 3 is 2.71 bits per heavy atom. The van der Waals surface area contributed by atoms with Gasteiger partial charge in [0.1, 0.15) is 0 Å². The summed E-state index contributed by atoms with van der Waals surface area (Å²) in [5, 5.41) is 0. The lowest BCUT2D eigenvalue weighted by Crippen LogP contribution is -2.49. The molecule has 0 spiro atoms. The van der Waals surface area contributed by atoms with Gasteiger partial charge in [0.2, 0.25) is 0 Å². The number of hydrogen-bond donors (Lipinski definition) is 1. The minimum atomic E-state index is -3.61. The maximum Gasteiger partial charge on any atom is 0.307 e. The number of nitrogens with one attached hydrogen (secondary N) is 1. The molecular formula is C17H26N2O4S. The van der Waals surface area contributed by atoms with Gasteiger partial charge < -0.3 is 4.74 Å². The molecule has 24 heavy (non-hydrogen) atoms. The molecule has 2 unspecified atom stereocenters. The summed E-state index contributed by atoms with van der Waals surface area (Å²) in [6, 6.07) is 9.00. The van der Waals surface area contributed by atoms with Crippen LogP contribution in [0.5, 0.6) is 0 Å². The van der Waals surface area contributed by atoms with E-state index in [4.69, 9.17) is 4.74 Å². The molecular weight excluding hydrogens is 328 g/mol. The molecule has 1 saturated heterocycles. The molecule has 2 rings (SSSR count). The van der Waals surface area contributed by atoms with Crippen LogP contribution in [0.1, 0.15) is 31.7 Å². The molecule has 0 aliphatic carbocycles. The normalized spacial score (nSPS) is 20.5. The number of piperidine rings is 1. The highest BCUT2D eigenvalue weighted by Gasteiger charge is 2.30. The van der Waals surface area contributed by atoms with E-state index in [1.165, 1.54) is 11.4 Å². The topological polar surface area (TPSA) is 75.7 Å². The molecule has 2 atom stereocenters. The summed E-state index contributed by atoms with van der Waals surface area (Å²) >= 11 is 0. The number of carbonyl (C=O) groups is 1. The summed E-state index contributed by atoms with van der Waals surface area (Å²) in [5.41, 5.74) is 0.973. The molecule has 0 amide bonds. The number of carbonyl (C=O) groups excluding carboxylic acids is 1. The van der Waals surface area contributed by atoms with Crippen molar-refractivity contribution in [3.8, 4) is 0 Å². The van der Waals surface area contributed by atoms with Crippen LogP contribution >= 0.6 is 0 Å². The smallest absolute Gasteiger partial charge is 0.307 e. The molecule has 1 N–H and O–H groups in total. The van der Waals surface area contributed by atoms with Crippen molar-refractivity contribution in [2.24, 2.45) is 5.92 Å². The Bertz CT molecular complexity index is 633. The first-order valence-electron chi connectivity index (χ1n) is 8.29. The largest absolute Gasteiger partial charge is 0.469 e. The second-order valence-corrected chi connectivity index (χ2v) is 8.10. The molecule has 1 aliphatic rings. The molecule has 0 radical (unpaired) electrons. The van der Waals surface area contributed by atoms with Crippen molar-refractivity contribution in [2.75, 3.05) is 20.2 Å². The Morgan fingerprint density at radius 1 is 1.38 bits per heavy atom. The number of nitrogens with zero attached hydrogens (tertiary/aromatic N) is 1. The molecule has 0 aromatic heterocycles. The van der Waals surface area contributed by atoms with Crippen molar-refractivity contribution in [2.45, 2.75) is 38.6 Å². The van der Waals surface area contributed by atoms with Crippen molar-refractivity contribution >= 4 is 16.2 Å². The molecule has 1 aromatic carbocycles. The molecule has 0 saturated carbocycles. The second-order valence-electron chi connectivity index (χ2n) is 6.40. The van der Waals surface area contributed by atoms with E-state index in [0.29, 0.717) is 25.4 Å². The highest BCUT2D eigenvalue weighted by molar-refractivity contribution is 7.87. The van der Waals surface area contributed by atoms with Crippen molar-refractivity contribution in [3.05, 3.63) is 35.9 Å². The fourth-order valence-corrected chi connectivity index (χ4v) is 4.55. The Hall–Kier alpha value is -1.44. The van der Waals surface area contributed by atoms with E-state index >= 15 is 0 Å². The van der Waals surface area contributed by atoms with Gasteiger partial charge in [-0.2, -0.15) is 17.4 Å². The predicted molar refractivity (Wildman–Crippen MR) is 92.6 cm³/mol. The summed E-state index contributed by atoms with van der Waals surface area (Å²) in [7, 11) is -2.31. The zero-order valence-corrected chi connectivity index (χ0v) is 15.1. The van der Waals surface area contributed by atoms with E-state index in [-0.39, 0.29) is 6.42 Å². The fraction of sp³-hybridized carbons (Fsp3) is 0.588. The van der Waals surface area contributed by atoms with Gasteiger partial charge in [0.15, 0.2) is 0 Å². The Balaban J connectivity index is 2.09. The van der Waals surface area contributed by atoms with Crippen LogP contribution in [-0.4, -0.2) is 44.9 Å². The van der Waals surface area contributed by atoms with Crippen LogP contribution in [0, 0.1) is 5.92 Å². The average molecular weight is 354 g/mol. The summed E-state index contributed by atoms with van der Waals surface area (Å²) in [6.45, 7) is 3.10. The lowest BCUT2D eigenvalue weighted by Gasteiger charge is -2.31. The number of hydrogen-bond acceptors (Lipinski definition) is 4. The van der Waals surface area contributed by atoms with Crippen molar-refractivity contribution in [3.63, 3.8) is 0 Å². The number of esters is 1. The Kier molecular flexibility index (Phi) is 6.77. The van der Waals surface area contributed by atoms with E-state index in [2.05, 4.69) is 11.6 Å². The standard InChI is InChI=1S/C17H26N2O4S/c1-14-7-6-10-19(13-14)24(21,22)18-16(12-17(20)23-2)11-15-8-4-3-5-9-15/h3-5,8-9,14,16,18H,6-7,10-13H2,1-2H3. The van der Waals surface area contributed by atoms with Gasteiger partial charge in [-0.15, -0.1) is 0 Å². The van der Waals surface area contributed by atoms with Crippen LogP contribution in [0.4, 0.5) is 0 Å². The number of ether oxygens (including phenoxy) is 1. The highest BCUT2D eigenvalue weighted by Crippen LogP contribution is 2.18. The zero-order valence-electron chi connectivity index (χ0n) is 14.3. The molecule has 1 fully saturated rings. The zero-order chi connectivity index (χ0) is 17.6. The third-order valence-corrected chi connectivity index (χ3v) is 5.88. The molecule has 7 heteroatoms. The number of rotatable bonds is 7. The van der Waals surface area contributed by atoms with E-state index < -0.39 is 22.2 Å². The molecule has 6 nitrogen and oxygen atoms in total. The minimum Gasteiger partial charge on any atom is -0.469 e. The van der Waals surface area contributed by atoms with E-state index in [9.17, 15) is 13.2 Å². The quantitative estimate of drug-likeness (QED) is 0.757. The number of benzene rings is 1. The van der Waals surface area contributed by atoms with Gasteiger partial charge in [-0.25, -0.2) is 0 Å². The molecule has 134 valence electrons. The lowest BCUT2D eigenvalue weighted by atomic mass is 10.0. The summed E-state index contributed by atoms with van der Waals surface area (Å²) in [6.07, 6.45) is 2.36. The maximum atomic E-state index is 12.7. The van der Waals surface area contributed by atoms with Gasteiger partial charge in [-0.1, -0.05) is 37.3 Å². The first-order chi connectivity index (χ1) is 11.4. The van der Waals surface area contributed by atoms with E-state index in [1.54, 1.807) is 0 Å². The molecule has 0 bridgehead atoms. The van der Waals surface area contributed by atoms with Crippen LogP contribution in [0.25, 0.3) is 0 Å². The lowest BCUT2D eigenvalue weighted by molar-refractivity contribution is -0.141. The van der Waals surface area contributed by atoms with Gasteiger partial charge in [-0.05, 0) is 30.7 Å². The van der Waals surface area contributed by atoms with Crippen LogP contribution in [-0.2, 0) is 26.2 Å². The van der Waals surface area contributed by atoms with Gasteiger partial charge in [-0.3, -0.25) is 4.79 Å². The molecule has 1 aromatic rings. The molecule has 1 aliphatic heterocycles. The van der Waals surface area contributed by atoms with Crippen LogP contribution in [0.2, 0.25) is 0 Å². The Morgan fingerprint density at radius 2 is 2.08 bits per heavy atom. The fourth-order valence-electron chi connectivity index (χ4n) is 2.99. The summed E-state index contributed by atoms with van der Waals surface area (Å²) < 4.78 is 34.2. The van der Waals surface area contributed by atoms with Crippen LogP contribution < -0.4 is 4.72 Å². The third kappa shape index (κ3) is 5.58. The highest BCUT2D eigenvalue weighted by atomic mass is 32.2. The number of methoxy groups -OCH3 is 1. The minimum absolute atomic E-state index is 0.00795. The van der Waals surface area contributed by atoms with Crippen LogP contribution in [0.15, 0.2) is 30.3 Å². The molecule has 1 heterocycles. The predicted octanol–water partition coefficient (Wildman–Crippen LogP) is 1.73. The van der Waals surface area contributed by atoms with Gasteiger partial charge in [0.05, 0.1) is 13.5 Å². The average Bonchev–Trinajstić information content (AvgIpc) is 2.55. The van der Waals surface area contributed by atoms with Gasteiger partial charge >= 0.3 is 5.97 Å². The van der Waals surface area contributed by atoms with Crippen molar-refractivity contribution in [1.82, 2.24) is 9.03 Å². The summed E-state index contributed by atoms with van der Waals surface area (Å²) in [4.78, 5) is 11.7. The second kappa shape index (κ2) is 8.60. The van der Waals surface area contributed by atoms with E-state index in [1.807, 2.05) is 30.3 Å². The van der Waals surface area contributed by atoms with Crippen LogP contribution in [0.3, 0.4) is 0 Å². The van der Waals surface area contributed by atoms with Crippen molar-refractivity contribution < 1.29 is 17.9 Å². The summed E-state index contributed by atoms with van der Waals surface area (Å²) in [5.74, 6) is -0.0749. The first kappa shape index (κ1) is 18.9. The van der Waals surface area contributed by atoms with Crippen molar-refractivity contribution in [1.29, 1.82) is 0 Å². The SMILES string of the molecule is COC(=O)CC(Cc1ccccc1)NS(=O)(=O)N1CCCC(C)C1. The maximum absolute atomic E-state index is 12.7. The van der Waals surface area contributed by atoms with E-state index in [0.717, 1.165) is 18.4 Å².